The van der Waals surface area contributed by atoms with Gasteiger partial charge in [0.2, 0.25) is 5.91 Å². The summed E-state index contributed by atoms with van der Waals surface area (Å²) in [4.78, 5) is 28.8. The average Bonchev–Trinajstić information content (AvgIpc) is 3.19. The van der Waals surface area contributed by atoms with Crippen LogP contribution in [0.3, 0.4) is 0 Å². The van der Waals surface area contributed by atoms with Crippen molar-refractivity contribution < 1.29 is 22.8 Å². The van der Waals surface area contributed by atoms with Crippen LogP contribution < -0.4 is 4.90 Å². The number of fused-ring (bicyclic) bond motifs is 2. The predicted octanol–water partition coefficient (Wildman–Crippen LogP) is 3.47. The molecule has 2 aromatic rings. The van der Waals surface area contributed by atoms with Gasteiger partial charge in [0.15, 0.2) is 0 Å². The fourth-order valence-corrected chi connectivity index (χ4v) is 4.08. The number of hydrogen-bond acceptors (Lipinski definition) is 2. The highest BCUT2D eigenvalue weighted by atomic mass is 19.4. The summed E-state index contributed by atoms with van der Waals surface area (Å²) in [7, 11) is 1.72. The van der Waals surface area contributed by atoms with Gasteiger partial charge in [0.05, 0.1) is 11.0 Å². The molecule has 2 aliphatic heterocycles. The van der Waals surface area contributed by atoms with Gasteiger partial charge in [0, 0.05) is 31.4 Å². The molecule has 4 rings (SSSR count). The van der Waals surface area contributed by atoms with E-state index in [4.69, 9.17) is 0 Å². The largest absolute Gasteiger partial charge is 0.416 e. The summed E-state index contributed by atoms with van der Waals surface area (Å²) >= 11 is 0. The normalized spacial score (nSPS) is 21.9. The number of halogens is 3. The number of amides is 2. The minimum atomic E-state index is -4.44. The van der Waals surface area contributed by atoms with Gasteiger partial charge < -0.3 is 9.80 Å². The Bertz CT molecular complexity index is 924. The van der Waals surface area contributed by atoms with Crippen LogP contribution in [0.25, 0.3) is 0 Å². The molecule has 140 valence electrons. The van der Waals surface area contributed by atoms with Gasteiger partial charge in [0.25, 0.3) is 5.91 Å². The Balaban J connectivity index is 1.60. The molecule has 0 saturated carbocycles. The summed E-state index contributed by atoms with van der Waals surface area (Å²) in [5, 5.41) is 0. The maximum absolute atomic E-state index is 12.9. The molecule has 0 aliphatic carbocycles. The molecule has 1 fully saturated rings. The van der Waals surface area contributed by atoms with Gasteiger partial charge in [-0.1, -0.05) is 18.2 Å². The zero-order valence-corrected chi connectivity index (χ0v) is 14.6. The molecule has 0 bridgehead atoms. The number of anilines is 1. The molecule has 0 N–H and O–H groups in total. The number of hydrogen-bond donors (Lipinski definition) is 0. The molecule has 2 heterocycles. The summed E-state index contributed by atoms with van der Waals surface area (Å²) in [6.45, 7) is 0.612. The first kappa shape index (κ1) is 17.6. The van der Waals surface area contributed by atoms with E-state index in [2.05, 4.69) is 0 Å². The van der Waals surface area contributed by atoms with E-state index >= 15 is 0 Å². The molecule has 1 unspecified atom stereocenters. The maximum Gasteiger partial charge on any atom is 0.416 e. The summed E-state index contributed by atoms with van der Waals surface area (Å²) < 4.78 is 38.1. The van der Waals surface area contributed by atoms with Crippen molar-refractivity contribution in [3.63, 3.8) is 0 Å². The van der Waals surface area contributed by atoms with Crippen molar-refractivity contribution >= 4 is 17.5 Å². The monoisotopic (exact) mass is 374 g/mol. The lowest BCUT2D eigenvalue weighted by Crippen LogP contribution is -2.42. The Kier molecular flexibility index (Phi) is 3.80. The zero-order chi connectivity index (χ0) is 19.4. The topological polar surface area (TPSA) is 40.6 Å². The van der Waals surface area contributed by atoms with Gasteiger partial charge in [-0.25, -0.2) is 0 Å². The summed E-state index contributed by atoms with van der Waals surface area (Å²) in [5.41, 5.74) is 0.365. The first-order valence-corrected chi connectivity index (χ1v) is 8.58. The van der Waals surface area contributed by atoms with Crippen LogP contribution in [0.2, 0.25) is 0 Å². The Morgan fingerprint density at radius 3 is 2.41 bits per heavy atom. The lowest BCUT2D eigenvalue weighted by Gasteiger charge is -2.23. The Labute approximate surface area is 154 Å². The van der Waals surface area contributed by atoms with Gasteiger partial charge in [-0.15, -0.1) is 0 Å². The molecule has 4 nitrogen and oxygen atoms in total. The predicted molar refractivity (Wildman–Crippen MR) is 93.5 cm³/mol. The van der Waals surface area contributed by atoms with E-state index in [0.29, 0.717) is 13.0 Å². The van der Waals surface area contributed by atoms with E-state index in [1.54, 1.807) is 16.8 Å². The van der Waals surface area contributed by atoms with Crippen LogP contribution in [0.5, 0.6) is 0 Å². The third-order valence-corrected chi connectivity index (χ3v) is 5.51. The molecule has 0 radical (unpaired) electrons. The van der Waals surface area contributed by atoms with E-state index in [1.165, 1.54) is 12.1 Å². The van der Waals surface area contributed by atoms with Crippen molar-refractivity contribution in [3.05, 3.63) is 65.2 Å². The first-order valence-electron chi connectivity index (χ1n) is 8.58. The van der Waals surface area contributed by atoms with E-state index in [1.807, 2.05) is 24.3 Å². The first-order chi connectivity index (χ1) is 12.7. The number of alkyl halides is 3. The van der Waals surface area contributed by atoms with E-state index < -0.39 is 17.2 Å². The summed E-state index contributed by atoms with van der Waals surface area (Å²) in [6, 6.07) is 11.7. The van der Waals surface area contributed by atoms with Gasteiger partial charge >= 0.3 is 6.18 Å². The zero-order valence-electron chi connectivity index (χ0n) is 14.6. The fourth-order valence-electron chi connectivity index (χ4n) is 4.08. The lowest BCUT2D eigenvalue weighted by molar-refractivity contribution is -0.137. The molecule has 27 heavy (non-hydrogen) atoms. The smallest absolute Gasteiger partial charge is 0.337 e. The standard InChI is InChI=1S/C20H17F3N2O2/c1-24-16-5-3-2-4-15(16)19(18(24)27)10-11-25(12-19)17(26)13-6-8-14(9-7-13)20(21,22)23/h2-9H,10-12H2,1H3. The van der Waals surface area contributed by atoms with Crippen molar-refractivity contribution in [2.45, 2.75) is 18.0 Å². The Morgan fingerprint density at radius 1 is 1.07 bits per heavy atom. The molecule has 1 spiro atoms. The van der Waals surface area contributed by atoms with Gasteiger partial charge in [-0.2, -0.15) is 13.2 Å². The summed E-state index contributed by atoms with van der Waals surface area (Å²) in [5.74, 6) is -0.410. The number of likely N-dealkylation sites (tertiary alicyclic amines) is 1. The van der Waals surface area contributed by atoms with Crippen LogP contribution in [0.4, 0.5) is 18.9 Å². The SMILES string of the molecule is CN1C(=O)C2(CCN(C(=O)c3ccc(C(F)(F)F)cc3)C2)c2ccccc21. The van der Waals surface area contributed by atoms with E-state index in [-0.39, 0.29) is 23.9 Å². The van der Waals surface area contributed by atoms with Gasteiger partial charge in [-0.05, 0) is 42.3 Å². The highest BCUT2D eigenvalue weighted by Gasteiger charge is 2.54. The van der Waals surface area contributed by atoms with Crippen LogP contribution in [0.15, 0.2) is 48.5 Å². The number of carbonyl (C=O) groups excluding carboxylic acids is 2. The van der Waals surface area contributed by atoms with Crippen LogP contribution in [0, 0.1) is 0 Å². The van der Waals surface area contributed by atoms with Crippen LogP contribution >= 0.6 is 0 Å². The minimum absolute atomic E-state index is 0.0496. The van der Waals surface area contributed by atoms with Crippen molar-refractivity contribution in [3.8, 4) is 0 Å². The molecule has 2 aromatic carbocycles. The maximum atomic E-state index is 12.9. The second-order valence-electron chi connectivity index (χ2n) is 7.02. The van der Waals surface area contributed by atoms with Crippen molar-refractivity contribution in [1.82, 2.24) is 4.90 Å². The fraction of sp³-hybridized carbons (Fsp3) is 0.300. The van der Waals surface area contributed by atoms with Crippen LogP contribution in [0.1, 0.15) is 27.9 Å². The molecular weight excluding hydrogens is 357 g/mol. The Hall–Kier alpha value is -2.83. The second-order valence-corrected chi connectivity index (χ2v) is 7.02. The molecular formula is C20H17F3N2O2. The van der Waals surface area contributed by atoms with Crippen LogP contribution in [-0.2, 0) is 16.4 Å². The van der Waals surface area contributed by atoms with Crippen molar-refractivity contribution in [2.24, 2.45) is 0 Å². The average molecular weight is 374 g/mol. The quantitative estimate of drug-likeness (QED) is 0.767. The molecule has 0 aromatic heterocycles. The number of carbonyl (C=O) groups is 2. The molecule has 2 amide bonds. The third kappa shape index (κ3) is 2.60. The number of nitrogens with zero attached hydrogens (tertiary/aromatic N) is 2. The highest BCUT2D eigenvalue weighted by Crippen LogP contribution is 2.46. The third-order valence-electron chi connectivity index (χ3n) is 5.51. The molecule has 1 atom stereocenters. The molecule has 2 aliphatic rings. The minimum Gasteiger partial charge on any atom is -0.337 e. The number of para-hydroxylation sites is 1. The van der Waals surface area contributed by atoms with Crippen molar-refractivity contribution in [1.29, 1.82) is 0 Å². The second kappa shape index (κ2) is 5.84. The highest BCUT2D eigenvalue weighted by molar-refractivity contribution is 6.09. The molecule has 7 heteroatoms. The van der Waals surface area contributed by atoms with Gasteiger partial charge in [0.1, 0.15) is 0 Å². The number of rotatable bonds is 1. The van der Waals surface area contributed by atoms with E-state index in [0.717, 1.165) is 23.4 Å². The lowest BCUT2D eigenvalue weighted by atomic mass is 9.81. The molecule has 1 saturated heterocycles. The number of likely N-dealkylation sites (N-methyl/N-ethyl adjacent to an activating group) is 1. The van der Waals surface area contributed by atoms with Crippen molar-refractivity contribution in [2.75, 3.05) is 25.0 Å². The van der Waals surface area contributed by atoms with Gasteiger partial charge in [-0.3, -0.25) is 9.59 Å². The van der Waals surface area contributed by atoms with Crippen LogP contribution in [-0.4, -0.2) is 36.9 Å². The summed E-state index contributed by atoms with van der Waals surface area (Å²) in [6.07, 6.45) is -3.94. The number of benzene rings is 2. The Morgan fingerprint density at radius 2 is 1.74 bits per heavy atom. The van der Waals surface area contributed by atoms with E-state index in [9.17, 15) is 22.8 Å².